The second-order valence-corrected chi connectivity index (χ2v) is 10.7. The van der Waals surface area contributed by atoms with Crippen LogP contribution in [0.1, 0.15) is 27.9 Å². The molecule has 0 radical (unpaired) electrons. The highest BCUT2D eigenvalue weighted by Gasteiger charge is 2.22. The quantitative estimate of drug-likeness (QED) is 0.183. The largest absolute Gasteiger partial charge is 0.497 e. The Morgan fingerprint density at radius 1 is 0.905 bits per heavy atom. The third-order valence-electron chi connectivity index (χ3n) is 6.82. The molecule has 212 valence electrons. The molecule has 1 heterocycles. The molecular weight excluding hydrogens is 546 g/mol. The summed E-state index contributed by atoms with van der Waals surface area (Å²) in [7, 11) is 1.58. The number of carbonyl (C=O) groups is 3. The average molecular weight is 578 g/mol. The van der Waals surface area contributed by atoms with E-state index < -0.39 is 11.8 Å². The number of nitrogens with one attached hydrogen (secondary N) is 2. The number of carbonyl (C=O) groups excluding carboxylic acids is 3. The highest BCUT2D eigenvalue weighted by molar-refractivity contribution is 8.00. The Morgan fingerprint density at radius 2 is 1.67 bits per heavy atom. The maximum atomic E-state index is 13.4. The van der Waals surface area contributed by atoms with Gasteiger partial charge in [-0.1, -0.05) is 54.6 Å². The molecule has 0 unspecified atom stereocenters. The summed E-state index contributed by atoms with van der Waals surface area (Å²) in [4.78, 5) is 42.2. The molecule has 0 bridgehead atoms. The van der Waals surface area contributed by atoms with Crippen molar-refractivity contribution in [3.05, 3.63) is 126 Å². The molecule has 3 amide bonds. The SMILES string of the molecule is COc1ccc(/C=C(\NC(=O)c2ccccc2)C(=O)Nc2cccc(SCC(=O)N3CCCc4ccccc43)c2)cc1. The van der Waals surface area contributed by atoms with Gasteiger partial charge in [-0.3, -0.25) is 14.4 Å². The lowest BCUT2D eigenvalue weighted by molar-refractivity contribution is -0.116. The molecule has 0 saturated heterocycles. The molecule has 0 fully saturated rings. The number of benzene rings is 4. The van der Waals surface area contributed by atoms with Crippen LogP contribution >= 0.6 is 11.8 Å². The van der Waals surface area contributed by atoms with Gasteiger partial charge in [0.1, 0.15) is 11.4 Å². The molecule has 4 aromatic carbocycles. The highest BCUT2D eigenvalue weighted by atomic mass is 32.2. The van der Waals surface area contributed by atoms with Gasteiger partial charge in [0, 0.05) is 28.4 Å². The summed E-state index contributed by atoms with van der Waals surface area (Å²) in [5.41, 5.74) is 3.98. The van der Waals surface area contributed by atoms with Crippen molar-refractivity contribution in [2.45, 2.75) is 17.7 Å². The van der Waals surface area contributed by atoms with Crippen molar-refractivity contribution in [3.63, 3.8) is 0 Å². The summed E-state index contributed by atoms with van der Waals surface area (Å²) in [6, 6.07) is 31.3. The first kappa shape index (κ1) is 28.7. The molecule has 0 spiro atoms. The van der Waals surface area contributed by atoms with Crippen LogP contribution in [0.3, 0.4) is 0 Å². The minimum atomic E-state index is -0.474. The monoisotopic (exact) mass is 577 g/mol. The number of anilines is 2. The minimum Gasteiger partial charge on any atom is -0.497 e. The van der Waals surface area contributed by atoms with Crippen LogP contribution in [-0.2, 0) is 16.0 Å². The predicted molar refractivity (Wildman–Crippen MR) is 168 cm³/mol. The van der Waals surface area contributed by atoms with E-state index in [4.69, 9.17) is 4.74 Å². The zero-order valence-electron chi connectivity index (χ0n) is 23.2. The lowest BCUT2D eigenvalue weighted by atomic mass is 10.0. The number of amides is 3. The Labute approximate surface area is 249 Å². The van der Waals surface area contributed by atoms with Crippen LogP contribution in [0.2, 0.25) is 0 Å². The molecule has 0 aliphatic carbocycles. The van der Waals surface area contributed by atoms with Crippen LogP contribution in [0.4, 0.5) is 11.4 Å². The molecule has 42 heavy (non-hydrogen) atoms. The molecule has 1 aliphatic heterocycles. The van der Waals surface area contributed by atoms with Gasteiger partial charge in [0.25, 0.3) is 11.8 Å². The Morgan fingerprint density at radius 3 is 2.45 bits per heavy atom. The standard InChI is InChI=1S/C34H31N3O4S/c1-41-28-18-16-24(17-19-28)21-30(36-33(39)26-10-3-2-4-11-26)34(40)35-27-13-7-14-29(22-27)42-23-32(38)37-20-8-12-25-9-5-6-15-31(25)37/h2-7,9-11,13-19,21-22H,8,12,20,23H2,1H3,(H,35,40)(H,36,39)/b30-21-. The number of rotatable bonds is 9. The van der Waals surface area contributed by atoms with Gasteiger partial charge in [-0.15, -0.1) is 11.8 Å². The van der Waals surface area contributed by atoms with E-state index in [9.17, 15) is 14.4 Å². The second kappa shape index (κ2) is 13.7. The Hall–Kier alpha value is -4.82. The van der Waals surface area contributed by atoms with Gasteiger partial charge >= 0.3 is 0 Å². The third-order valence-corrected chi connectivity index (χ3v) is 7.80. The molecule has 8 heteroatoms. The number of aryl methyl sites for hydroxylation is 1. The van der Waals surface area contributed by atoms with E-state index in [0.29, 0.717) is 23.5 Å². The van der Waals surface area contributed by atoms with Crippen molar-refractivity contribution in [1.82, 2.24) is 5.32 Å². The third kappa shape index (κ3) is 7.27. The smallest absolute Gasteiger partial charge is 0.272 e. The number of hydrogen-bond donors (Lipinski definition) is 2. The first-order valence-electron chi connectivity index (χ1n) is 13.6. The zero-order chi connectivity index (χ0) is 29.3. The fourth-order valence-electron chi connectivity index (χ4n) is 4.69. The van der Waals surface area contributed by atoms with E-state index in [1.54, 1.807) is 67.8 Å². The maximum Gasteiger partial charge on any atom is 0.272 e. The number of hydrogen-bond acceptors (Lipinski definition) is 5. The summed E-state index contributed by atoms with van der Waals surface area (Å²) in [6.45, 7) is 0.713. The normalized spacial score (nSPS) is 12.7. The van der Waals surface area contributed by atoms with Gasteiger partial charge in [-0.2, -0.15) is 0 Å². The first-order valence-corrected chi connectivity index (χ1v) is 14.6. The number of fused-ring (bicyclic) bond motifs is 1. The second-order valence-electron chi connectivity index (χ2n) is 9.70. The van der Waals surface area contributed by atoms with Crippen molar-refractivity contribution < 1.29 is 19.1 Å². The van der Waals surface area contributed by atoms with Crippen LogP contribution in [0.15, 0.2) is 114 Å². The Kier molecular flexibility index (Phi) is 9.36. The van der Waals surface area contributed by atoms with Crippen LogP contribution in [0.5, 0.6) is 5.75 Å². The number of nitrogens with zero attached hydrogens (tertiary/aromatic N) is 1. The summed E-state index contributed by atoms with van der Waals surface area (Å²) in [6.07, 6.45) is 3.54. The fourth-order valence-corrected chi connectivity index (χ4v) is 5.52. The van der Waals surface area contributed by atoms with Gasteiger partial charge in [-0.05, 0) is 78.6 Å². The highest BCUT2D eigenvalue weighted by Crippen LogP contribution is 2.29. The molecule has 0 aromatic heterocycles. The van der Waals surface area contributed by atoms with Gasteiger partial charge in [0.15, 0.2) is 0 Å². The number of ether oxygens (including phenoxy) is 1. The molecule has 0 atom stereocenters. The van der Waals surface area contributed by atoms with Crippen molar-refractivity contribution in [3.8, 4) is 5.75 Å². The lowest BCUT2D eigenvalue weighted by Crippen LogP contribution is -2.36. The van der Waals surface area contributed by atoms with E-state index in [2.05, 4.69) is 16.7 Å². The van der Waals surface area contributed by atoms with E-state index in [1.807, 2.05) is 47.4 Å². The Bertz CT molecular complexity index is 1600. The topological polar surface area (TPSA) is 87.7 Å². The lowest BCUT2D eigenvalue weighted by Gasteiger charge is -2.29. The Balaban J connectivity index is 1.28. The molecule has 4 aromatic rings. The van der Waals surface area contributed by atoms with E-state index in [-0.39, 0.29) is 17.4 Å². The fraction of sp³-hybridized carbons (Fsp3) is 0.147. The van der Waals surface area contributed by atoms with Gasteiger partial charge < -0.3 is 20.3 Å². The van der Waals surface area contributed by atoms with Crippen molar-refractivity contribution in [2.75, 3.05) is 29.6 Å². The van der Waals surface area contributed by atoms with Crippen LogP contribution in [-0.4, -0.2) is 37.1 Å². The number of methoxy groups -OCH3 is 1. The predicted octanol–water partition coefficient (Wildman–Crippen LogP) is 6.18. The summed E-state index contributed by atoms with van der Waals surface area (Å²) >= 11 is 1.42. The molecular formula is C34H31N3O4S. The van der Waals surface area contributed by atoms with Crippen molar-refractivity contribution in [2.24, 2.45) is 0 Å². The van der Waals surface area contributed by atoms with Crippen LogP contribution < -0.4 is 20.3 Å². The van der Waals surface area contributed by atoms with Crippen LogP contribution in [0, 0.1) is 0 Å². The van der Waals surface area contributed by atoms with Gasteiger partial charge in [0.2, 0.25) is 5.91 Å². The van der Waals surface area contributed by atoms with Gasteiger partial charge in [-0.25, -0.2) is 0 Å². The molecule has 5 rings (SSSR count). The van der Waals surface area contributed by atoms with Crippen molar-refractivity contribution >= 4 is 46.9 Å². The maximum absolute atomic E-state index is 13.4. The summed E-state index contributed by atoms with van der Waals surface area (Å²) in [5.74, 6) is 0.145. The molecule has 1 aliphatic rings. The minimum absolute atomic E-state index is 0.0509. The molecule has 0 saturated carbocycles. The van der Waals surface area contributed by atoms with E-state index in [1.165, 1.54) is 17.3 Å². The van der Waals surface area contributed by atoms with Gasteiger partial charge in [0.05, 0.1) is 12.9 Å². The summed E-state index contributed by atoms with van der Waals surface area (Å²) in [5, 5.41) is 5.64. The summed E-state index contributed by atoms with van der Waals surface area (Å²) < 4.78 is 5.22. The van der Waals surface area contributed by atoms with E-state index >= 15 is 0 Å². The van der Waals surface area contributed by atoms with E-state index in [0.717, 1.165) is 29.0 Å². The number of thioether (sulfide) groups is 1. The number of para-hydroxylation sites is 1. The molecule has 7 nitrogen and oxygen atoms in total. The molecule has 2 N–H and O–H groups in total. The first-order chi connectivity index (χ1) is 20.5. The van der Waals surface area contributed by atoms with Crippen molar-refractivity contribution in [1.29, 1.82) is 0 Å². The average Bonchev–Trinajstić information content (AvgIpc) is 3.04. The zero-order valence-corrected chi connectivity index (χ0v) is 24.0. The van der Waals surface area contributed by atoms with Crippen LogP contribution in [0.25, 0.3) is 6.08 Å².